The summed E-state index contributed by atoms with van der Waals surface area (Å²) in [6.07, 6.45) is 3.32. The van der Waals surface area contributed by atoms with Crippen LogP contribution in [-0.2, 0) is 14.3 Å². The summed E-state index contributed by atoms with van der Waals surface area (Å²) in [4.78, 5) is 30.0. The minimum atomic E-state index is -0.493. The Hall–Kier alpha value is -2.05. The topological polar surface area (TPSA) is 58.6 Å². The Bertz CT molecular complexity index is 898. The van der Waals surface area contributed by atoms with Crippen molar-refractivity contribution in [3.05, 3.63) is 53.4 Å². The lowest BCUT2D eigenvalue weighted by atomic mass is 9.66. The predicted octanol–water partition coefficient (Wildman–Crippen LogP) is 3.73. The highest BCUT2D eigenvalue weighted by Gasteiger charge is 2.47. The Morgan fingerprint density at radius 3 is 2.50 bits per heavy atom. The molecule has 2 heterocycles. The van der Waals surface area contributed by atoms with Gasteiger partial charge in [-0.05, 0) is 35.8 Å². The number of nitrogens with zero attached hydrogens (tertiary/aromatic N) is 1. The number of hydrogen-bond donors (Lipinski definition) is 1. The van der Waals surface area contributed by atoms with E-state index in [9.17, 15) is 9.59 Å². The minimum Gasteiger partial charge on any atom is -0.378 e. The molecule has 1 N–H and O–H groups in total. The van der Waals surface area contributed by atoms with Gasteiger partial charge in [0.1, 0.15) is 0 Å². The van der Waals surface area contributed by atoms with Crippen LogP contribution in [0.3, 0.4) is 0 Å². The Morgan fingerprint density at radius 2 is 1.87 bits per heavy atom. The van der Waals surface area contributed by atoms with Gasteiger partial charge in [0, 0.05) is 47.3 Å². The van der Waals surface area contributed by atoms with Crippen molar-refractivity contribution in [3.8, 4) is 0 Å². The molecule has 0 aromatic heterocycles. The monoisotopic (exact) mass is 426 g/mol. The maximum Gasteiger partial charge on any atom is 0.232 e. The molecule has 2 aliphatic heterocycles. The number of carbonyl (C=O) groups excluding carboxylic acids is 2. The molecule has 1 saturated heterocycles. The molecule has 2 atom stereocenters. The van der Waals surface area contributed by atoms with Crippen LogP contribution in [0.4, 0.5) is 0 Å². The largest absolute Gasteiger partial charge is 0.378 e. The molecule has 5 nitrogen and oxygen atoms in total. The molecular formula is C24H30N2O3S. The molecule has 1 aromatic rings. The van der Waals surface area contributed by atoms with E-state index < -0.39 is 5.92 Å². The summed E-state index contributed by atoms with van der Waals surface area (Å²) >= 11 is 1.68. The highest BCUT2D eigenvalue weighted by Crippen LogP contribution is 2.48. The van der Waals surface area contributed by atoms with Crippen molar-refractivity contribution >= 4 is 23.5 Å². The minimum absolute atomic E-state index is 0.0268. The van der Waals surface area contributed by atoms with Gasteiger partial charge in [-0.1, -0.05) is 32.6 Å². The average Bonchev–Trinajstić information content (AvgIpc) is 2.72. The van der Waals surface area contributed by atoms with Crippen molar-refractivity contribution in [2.24, 2.45) is 11.3 Å². The number of benzene rings is 1. The summed E-state index contributed by atoms with van der Waals surface area (Å²) in [6.45, 7) is 10.7. The van der Waals surface area contributed by atoms with E-state index in [2.05, 4.69) is 50.0 Å². The molecule has 4 rings (SSSR count). The fourth-order valence-corrected chi connectivity index (χ4v) is 5.30. The second kappa shape index (κ2) is 8.23. The lowest BCUT2D eigenvalue weighted by molar-refractivity contribution is -0.139. The molecule has 0 bridgehead atoms. The van der Waals surface area contributed by atoms with Crippen molar-refractivity contribution in [3.63, 3.8) is 0 Å². The second-order valence-corrected chi connectivity index (χ2v) is 10.0. The number of thioether (sulfide) groups is 1. The van der Waals surface area contributed by atoms with E-state index >= 15 is 0 Å². The van der Waals surface area contributed by atoms with Crippen molar-refractivity contribution in [1.29, 1.82) is 0 Å². The average molecular weight is 427 g/mol. The fourth-order valence-electron chi connectivity index (χ4n) is 4.89. The van der Waals surface area contributed by atoms with Crippen LogP contribution in [0.15, 0.2) is 52.7 Å². The summed E-state index contributed by atoms with van der Waals surface area (Å²) in [5.41, 5.74) is 3.30. The van der Waals surface area contributed by atoms with E-state index in [0.717, 1.165) is 28.1 Å². The molecule has 0 spiro atoms. The van der Waals surface area contributed by atoms with Gasteiger partial charge in [-0.3, -0.25) is 9.59 Å². The first kappa shape index (κ1) is 21.2. The number of ether oxygens (including phenoxy) is 1. The Labute approximate surface area is 182 Å². The molecular weight excluding hydrogens is 396 g/mol. The normalized spacial score (nSPS) is 26.3. The van der Waals surface area contributed by atoms with Crippen LogP contribution in [0.25, 0.3) is 0 Å². The van der Waals surface area contributed by atoms with Gasteiger partial charge in [-0.25, -0.2) is 0 Å². The molecule has 160 valence electrons. The first-order chi connectivity index (χ1) is 14.3. The van der Waals surface area contributed by atoms with E-state index in [1.807, 2.05) is 11.2 Å². The van der Waals surface area contributed by atoms with E-state index in [0.29, 0.717) is 38.4 Å². The zero-order valence-corrected chi connectivity index (χ0v) is 18.8. The number of Topliss-reactive ketones (excluding diaryl/α,β-unsaturated/α-hetero) is 1. The van der Waals surface area contributed by atoms with Crippen LogP contribution in [0.2, 0.25) is 0 Å². The van der Waals surface area contributed by atoms with Crippen LogP contribution in [-0.4, -0.2) is 49.1 Å². The Morgan fingerprint density at radius 1 is 1.20 bits per heavy atom. The predicted molar refractivity (Wildman–Crippen MR) is 119 cm³/mol. The van der Waals surface area contributed by atoms with Gasteiger partial charge in [0.15, 0.2) is 5.78 Å². The van der Waals surface area contributed by atoms with Gasteiger partial charge in [-0.15, -0.1) is 11.8 Å². The maximum atomic E-state index is 13.6. The summed E-state index contributed by atoms with van der Waals surface area (Å²) < 4.78 is 5.43. The zero-order valence-electron chi connectivity index (χ0n) is 18.0. The van der Waals surface area contributed by atoms with E-state index in [1.165, 1.54) is 0 Å². The van der Waals surface area contributed by atoms with Crippen LogP contribution in [0, 0.1) is 11.3 Å². The van der Waals surface area contributed by atoms with Gasteiger partial charge in [0.05, 0.1) is 19.1 Å². The zero-order chi connectivity index (χ0) is 21.5. The Kier molecular flexibility index (Phi) is 5.82. The number of hydrogen-bond acceptors (Lipinski definition) is 5. The second-order valence-electron chi connectivity index (χ2n) is 9.15. The summed E-state index contributed by atoms with van der Waals surface area (Å²) in [5.74, 6) is -0.630. The van der Waals surface area contributed by atoms with Gasteiger partial charge in [0.2, 0.25) is 5.91 Å². The maximum absolute atomic E-state index is 13.6. The van der Waals surface area contributed by atoms with Gasteiger partial charge >= 0.3 is 0 Å². The Balaban J connectivity index is 1.80. The number of amides is 1. The summed E-state index contributed by atoms with van der Waals surface area (Å²) in [7, 11) is 0. The standard InChI is InChI=1S/C24H30N2O3S/c1-15-20(23(28)26-9-11-29-12-10-26)21(16-5-7-17(30-4)8-6-16)22-18(25-15)13-24(2,3)14-19(22)27/h5-8,20-21,25H,1,9-14H2,2-4H3. The lowest BCUT2D eigenvalue weighted by Gasteiger charge is -2.44. The lowest BCUT2D eigenvalue weighted by Crippen LogP contribution is -2.50. The highest BCUT2D eigenvalue weighted by molar-refractivity contribution is 7.98. The summed E-state index contributed by atoms with van der Waals surface area (Å²) in [6, 6.07) is 8.26. The third-order valence-electron chi connectivity index (χ3n) is 6.31. The van der Waals surface area contributed by atoms with E-state index in [1.54, 1.807) is 11.8 Å². The number of carbonyl (C=O) groups is 2. The van der Waals surface area contributed by atoms with Gasteiger partial charge in [0.25, 0.3) is 0 Å². The molecule has 1 aromatic carbocycles. The molecule has 0 radical (unpaired) electrons. The molecule has 0 saturated carbocycles. The van der Waals surface area contributed by atoms with Crippen LogP contribution in [0.5, 0.6) is 0 Å². The highest BCUT2D eigenvalue weighted by atomic mass is 32.2. The molecule has 3 aliphatic rings. The van der Waals surface area contributed by atoms with Crippen molar-refractivity contribution in [2.75, 3.05) is 32.6 Å². The quantitative estimate of drug-likeness (QED) is 0.747. The van der Waals surface area contributed by atoms with Crippen LogP contribution < -0.4 is 5.32 Å². The van der Waals surface area contributed by atoms with E-state index in [-0.39, 0.29) is 23.0 Å². The smallest absolute Gasteiger partial charge is 0.232 e. The number of ketones is 1. The molecule has 1 aliphatic carbocycles. The summed E-state index contributed by atoms with van der Waals surface area (Å²) in [5, 5.41) is 3.38. The first-order valence-electron chi connectivity index (χ1n) is 10.5. The number of nitrogens with one attached hydrogen (secondary N) is 1. The third-order valence-corrected chi connectivity index (χ3v) is 7.06. The number of rotatable bonds is 3. The third kappa shape index (κ3) is 3.95. The SMILES string of the molecule is C=C1NC2=C(C(=O)CC(C)(C)C2)C(c2ccc(SC)cc2)C1C(=O)N1CCOCC1. The van der Waals surface area contributed by atoms with E-state index in [4.69, 9.17) is 4.74 Å². The van der Waals surface area contributed by atoms with Crippen molar-refractivity contribution < 1.29 is 14.3 Å². The number of morpholine rings is 1. The van der Waals surface area contributed by atoms with Crippen molar-refractivity contribution in [1.82, 2.24) is 10.2 Å². The molecule has 30 heavy (non-hydrogen) atoms. The number of allylic oxidation sites excluding steroid dienone is 2. The van der Waals surface area contributed by atoms with Crippen LogP contribution in [0.1, 0.15) is 38.2 Å². The molecule has 1 fully saturated rings. The van der Waals surface area contributed by atoms with Crippen molar-refractivity contribution in [2.45, 2.75) is 37.5 Å². The van der Waals surface area contributed by atoms with Gasteiger partial charge in [-0.2, -0.15) is 0 Å². The van der Waals surface area contributed by atoms with Crippen LogP contribution >= 0.6 is 11.8 Å². The molecule has 6 heteroatoms. The molecule has 2 unspecified atom stereocenters. The molecule has 1 amide bonds. The van der Waals surface area contributed by atoms with Gasteiger partial charge < -0.3 is 15.0 Å². The first-order valence-corrected chi connectivity index (χ1v) is 11.8. The fraction of sp³-hybridized carbons (Fsp3) is 0.500.